The smallest absolute Gasteiger partial charge is 0.236 e. The van der Waals surface area contributed by atoms with Crippen LogP contribution >= 0.6 is 11.3 Å². The highest BCUT2D eigenvalue weighted by Gasteiger charge is 2.45. The molecule has 9 heteroatoms. The van der Waals surface area contributed by atoms with Gasteiger partial charge in [0.25, 0.3) is 0 Å². The Hall–Kier alpha value is -1.84. The van der Waals surface area contributed by atoms with Gasteiger partial charge in [0.15, 0.2) is 0 Å². The van der Waals surface area contributed by atoms with Gasteiger partial charge in [0.1, 0.15) is 5.01 Å². The van der Waals surface area contributed by atoms with Crippen molar-refractivity contribution in [3.8, 4) is 0 Å². The molecule has 2 aromatic rings. The van der Waals surface area contributed by atoms with Gasteiger partial charge in [0.05, 0.1) is 11.2 Å². The van der Waals surface area contributed by atoms with Gasteiger partial charge in [-0.05, 0) is 25.3 Å². The Kier molecular flexibility index (Phi) is 6.16. The van der Waals surface area contributed by atoms with Gasteiger partial charge in [-0.3, -0.25) is 10.1 Å². The van der Waals surface area contributed by atoms with Crippen molar-refractivity contribution in [3.05, 3.63) is 40.9 Å². The van der Waals surface area contributed by atoms with Gasteiger partial charge >= 0.3 is 0 Å². The van der Waals surface area contributed by atoms with Crippen LogP contribution in [0.5, 0.6) is 0 Å². The summed E-state index contributed by atoms with van der Waals surface area (Å²) in [5, 5.41) is 12.5. The van der Waals surface area contributed by atoms with Crippen molar-refractivity contribution < 1.29 is 13.2 Å². The van der Waals surface area contributed by atoms with Crippen molar-refractivity contribution in [2.75, 3.05) is 24.2 Å². The van der Waals surface area contributed by atoms with Crippen molar-refractivity contribution in [2.24, 2.45) is 0 Å². The van der Waals surface area contributed by atoms with Gasteiger partial charge in [0.2, 0.25) is 21.1 Å². The lowest BCUT2D eigenvalue weighted by molar-refractivity contribution is -0.123. The van der Waals surface area contributed by atoms with E-state index in [-0.39, 0.29) is 17.6 Å². The van der Waals surface area contributed by atoms with Crippen LogP contribution in [0.1, 0.15) is 50.1 Å². The third-order valence-electron chi connectivity index (χ3n) is 5.25. The minimum Gasteiger partial charge on any atom is -0.300 e. The van der Waals surface area contributed by atoms with E-state index in [0.717, 1.165) is 10.6 Å². The molecule has 1 N–H and O–H groups in total. The standard InChI is InChI=1S/C19H26N4O3S2/c1-4-28(25,26)23-12-10-19(11-13-23,15-8-6-5-7-9-15)17(24)20-18-22-21-16(27-18)14(2)3/h5-9,14H,4,10-13H2,1-3H3,(H,20,22,24). The SMILES string of the molecule is CCS(=O)(=O)N1CCC(C(=O)Nc2nnc(C(C)C)s2)(c2ccccc2)CC1. The summed E-state index contributed by atoms with van der Waals surface area (Å²) in [6.45, 7) is 6.35. The van der Waals surface area contributed by atoms with Crippen molar-refractivity contribution in [2.45, 2.75) is 44.9 Å². The number of benzene rings is 1. The summed E-state index contributed by atoms with van der Waals surface area (Å²) in [5.74, 6) is 0.160. The van der Waals surface area contributed by atoms with Crippen LogP contribution in [-0.2, 0) is 20.2 Å². The first-order valence-corrected chi connectivity index (χ1v) is 11.9. The molecule has 152 valence electrons. The van der Waals surface area contributed by atoms with E-state index in [2.05, 4.69) is 15.5 Å². The maximum absolute atomic E-state index is 13.4. The fourth-order valence-corrected chi connectivity index (χ4v) is 5.31. The van der Waals surface area contributed by atoms with Crippen LogP contribution in [0.3, 0.4) is 0 Å². The lowest BCUT2D eigenvalue weighted by Gasteiger charge is -2.40. The molecule has 0 unspecified atom stereocenters. The van der Waals surface area contributed by atoms with Gasteiger partial charge in [-0.1, -0.05) is 55.5 Å². The summed E-state index contributed by atoms with van der Waals surface area (Å²) in [5.41, 5.74) is 0.111. The van der Waals surface area contributed by atoms with Crippen molar-refractivity contribution in [1.82, 2.24) is 14.5 Å². The number of hydrogen-bond acceptors (Lipinski definition) is 6. The Morgan fingerprint density at radius 1 is 1.21 bits per heavy atom. The molecule has 1 aromatic heterocycles. The Morgan fingerprint density at radius 2 is 1.86 bits per heavy atom. The molecule has 0 bridgehead atoms. The number of rotatable bonds is 6. The third-order valence-corrected chi connectivity index (χ3v) is 8.27. The van der Waals surface area contributed by atoms with E-state index < -0.39 is 15.4 Å². The monoisotopic (exact) mass is 422 g/mol. The highest BCUT2D eigenvalue weighted by atomic mass is 32.2. The molecular weight excluding hydrogens is 396 g/mol. The number of carbonyl (C=O) groups is 1. The number of sulfonamides is 1. The molecule has 1 aliphatic heterocycles. The largest absolute Gasteiger partial charge is 0.300 e. The van der Waals surface area contributed by atoms with Gasteiger partial charge in [0, 0.05) is 19.0 Å². The van der Waals surface area contributed by atoms with E-state index in [1.54, 1.807) is 6.92 Å². The fraction of sp³-hybridized carbons (Fsp3) is 0.526. The Labute approximate surface area is 170 Å². The maximum atomic E-state index is 13.4. The second-order valence-electron chi connectivity index (χ2n) is 7.30. The summed E-state index contributed by atoms with van der Waals surface area (Å²) in [7, 11) is -3.26. The Morgan fingerprint density at radius 3 is 2.39 bits per heavy atom. The minimum atomic E-state index is -3.26. The van der Waals surface area contributed by atoms with Crippen LogP contribution in [0.25, 0.3) is 0 Å². The van der Waals surface area contributed by atoms with Crippen LogP contribution in [0.15, 0.2) is 30.3 Å². The second kappa shape index (κ2) is 8.26. The van der Waals surface area contributed by atoms with E-state index in [1.165, 1.54) is 15.6 Å². The van der Waals surface area contributed by atoms with Crippen molar-refractivity contribution >= 4 is 32.4 Å². The number of amides is 1. The Bertz CT molecular complexity index is 918. The van der Waals surface area contributed by atoms with E-state index in [1.807, 2.05) is 44.2 Å². The first kappa shape index (κ1) is 20.9. The molecule has 7 nitrogen and oxygen atoms in total. The third kappa shape index (κ3) is 4.11. The molecular formula is C19H26N4O3S2. The Balaban J connectivity index is 1.87. The predicted molar refractivity (Wildman–Crippen MR) is 111 cm³/mol. The van der Waals surface area contributed by atoms with Crippen LogP contribution < -0.4 is 5.32 Å². The fourth-order valence-electron chi connectivity index (χ4n) is 3.47. The highest BCUT2D eigenvalue weighted by Crippen LogP contribution is 2.38. The van der Waals surface area contributed by atoms with E-state index >= 15 is 0 Å². The number of carbonyl (C=O) groups excluding carboxylic acids is 1. The molecule has 1 saturated heterocycles. The zero-order valence-electron chi connectivity index (χ0n) is 16.4. The minimum absolute atomic E-state index is 0.0697. The zero-order chi connectivity index (χ0) is 20.4. The molecule has 0 spiro atoms. The average Bonchev–Trinajstić information content (AvgIpc) is 3.17. The first-order valence-electron chi connectivity index (χ1n) is 9.46. The van der Waals surface area contributed by atoms with Crippen LogP contribution in [0.2, 0.25) is 0 Å². The molecule has 1 aromatic carbocycles. The van der Waals surface area contributed by atoms with Gasteiger partial charge < -0.3 is 0 Å². The summed E-state index contributed by atoms with van der Waals surface area (Å²) < 4.78 is 26.0. The molecule has 1 aliphatic rings. The molecule has 2 heterocycles. The van der Waals surface area contributed by atoms with Crippen LogP contribution in [0.4, 0.5) is 5.13 Å². The van der Waals surface area contributed by atoms with Gasteiger partial charge in [-0.15, -0.1) is 10.2 Å². The number of piperidine rings is 1. The maximum Gasteiger partial charge on any atom is 0.236 e. The summed E-state index contributed by atoms with van der Waals surface area (Å²) in [4.78, 5) is 13.4. The molecule has 0 radical (unpaired) electrons. The highest BCUT2D eigenvalue weighted by molar-refractivity contribution is 7.89. The van der Waals surface area contributed by atoms with Crippen LogP contribution in [0, 0.1) is 0 Å². The van der Waals surface area contributed by atoms with E-state index in [9.17, 15) is 13.2 Å². The molecule has 1 amide bonds. The lowest BCUT2D eigenvalue weighted by atomic mass is 9.72. The zero-order valence-corrected chi connectivity index (χ0v) is 18.0. The lowest BCUT2D eigenvalue weighted by Crippen LogP contribution is -2.51. The number of aromatic nitrogens is 2. The molecule has 0 aliphatic carbocycles. The van der Waals surface area contributed by atoms with E-state index in [4.69, 9.17) is 0 Å². The summed E-state index contributed by atoms with van der Waals surface area (Å²) in [6, 6.07) is 9.58. The number of nitrogens with zero attached hydrogens (tertiary/aromatic N) is 3. The topological polar surface area (TPSA) is 92.3 Å². The van der Waals surface area contributed by atoms with Crippen molar-refractivity contribution in [1.29, 1.82) is 0 Å². The van der Waals surface area contributed by atoms with Crippen molar-refractivity contribution in [3.63, 3.8) is 0 Å². The first-order chi connectivity index (χ1) is 13.3. The second-order valence-corrected chi connectivity index (χ2v) is 10.6. The molecule has 0 saturated carbocycles. The average molecular weight is 423 g/mol. The normalized spacial score (nSPS) is 17.6. The quantitative estimate of drug-likeness (QED) is 0.773. The molecule has 0 atom stereocenters. The summed E-state index contributed by atoms with van der Waals surface area (Å²) in [6.07, 6.45) is 0.857. The molecule has 1 fully saturated rings. The summed E-state index contributed by atoms with van der Waals surface area (Å²) >= 11 is 1.38. The van der Waals surface area contributed by atoms with Gasteiger partial charge in [-0.25, -0.2) is 12.7 Å². The van der Waals surface area contributed by atoms with Gasteiger partial charge in [-0.2, -0.15) is 0 Å². The number of hydrogen-bond donors (Lipinski definition) is 1. The molecule has 28 heavy (non-hydrogen) atoms. The number of anilines is 1. The van der Waals surface area contributed by atoms with E-state index in [0.29, 0.717) is 31.1 Å². The molecule has 3 rings (SSSR count). The predicted octanol–water partition coefficient (Wildman–Crippen LogP) is 2.98. The number of nitrogens with one attached hydrogen (secondary N) is 1. The van der Waals surface area contributed by atoms with Crippen LogP contribution in [-0.4, -0.2) is 47.7 Å².